The third kappa shape index (κ3) is 1.30. The maximum Gasteiger partial charge on any atom is 0.0646 e. The molecule has 0 spiro atoms. The van der Waals surface area contributed by atoms with E-state index in [2.05, 4.69) is 53.7 Å². The molecule has 1 aromatic carbocycles. The first-order valence-corrected chi connectivity index (χ1v) is 7.56. The van der Waals surface area contributed by atoms with E-state index in [1.807, 2.05) is 11.3 Å². The summed E-state index contributed by atoms with van der Waals surface area (Å²) in [5, 5.41) is 3.56. The first-order valence-electron chi connectivity index (χ1n) is 6.68. The van der Waals surface area contributed by atoms with E-state index in [1.165, 1.54) is 34.9 Å². The molecule has 2 aliphatic heterocycles. The van der Waals surface area contributed by atoms with Crippen LogP contribution in [0, 0.1) is 0 Å². The zero-order chi connectivity index (χ0) is 12.2. The van der Waals surface area contributed by atoms with Gasteiger partial charge < -0.3 is 0 Å². The number of rotatable bonds is 1. The number of thiophene rings is 1. The lowest BCUT2D eigenvalue weighted by molar-refractivity contribution is 0.168. The highest BCUT2D eigenvalue weighted by atomic mass is 32.1. The van der Waals surface area contributed by atoms with Gasteiger partial charge in [0.15, 0.2) is 0 Å². The Kier molecular flexibility index (Phi) is 2.21. The number of nitrogens with zero attached hydrogens (tertiary/aromatic N) is 1. The van der Waals surface area contributed by atoms with Gasteiger partial charge in [0.2, 0.25) is 0 Å². The quantitative estimate of drug-likeness (QED) is 0.692. The molecule has 1 aromatic heterocycles. The van der Waals surface area contributed by atoms with E-state index >= 15 is 0 Å². The van der Waals surface area contributed by atoms with E-state index in [0.29, 0.717) is 0 Å². The Morgan fingerprint density at radius 3 is 3.22 bits per heavy atom. The molecule has 2 heteroatoms. The fourth-order valence-electron chi connectivity index (χ4n) is 3.65. The lowest BCUT2D eigenvalue weighted by Gasteiger charge is -2.39. The fourth-order valence-corrected chi connectivity index (χ4v) is 4.48. The average Bonchev–Trinajstić information content (AvgIpc) is 2.89. The molecule has 1 saturated heterocycles. The maximum atomic E-state index is 2.59. The smallest absolute Gasteiger partial charge is 0.0646 e. The van der Waals surface area contributed by atoms with E-state index in [0.717, 1.165) is 6.04 Å². The molecule has 18 heavy (non-hydrogen) atoms. The first kappa shape index (κ1) is 10.8. The number of likely N-dealkylation sites (N-methyl/N-ethyl adjacent to an activating group) is 1. The van der Waals surface area contributed by atoms with Crippen molar-refractivity contribution in [3.8, 4) is 0 Å². The van der Waals surface area contributed by atoms with E-state index in [-0.39, 0.29) is 5.54 Å². The van der Waals surface area contributed by atoms with Crippen LogP contribution < -0.4 is 0 Å². The van der Waals surface area contributed by atoms with Crippen molar-refractivity contribution in [3.05, 3.63) is 47.4 Å². The topological polar surface area (TPSA) is 3.24 Å². The van der Waals surface area contributed by atoms with Gasteiger partial charge in [-0.05, 0) is 54.8 Å². The summed E-state index contributed by atoms with van der Waals surface area (Å²) >= 11 is 1.85. The number of benzene rings is 1. The van der Waals surface area contributed by atoms with Gasteiger partial charge >= 0.3 is 0 Å². The van der Waals surface area contributed by atoms with Crippen LogP contribution >= 0.6 is 11.3 Å². The number of hydrogen-bond acceptors (Lipinski definition) is 2. The third-order valence-electron chi connectivity index (χ3n) is 4.79. The van der Waals surface area contributed by atoms with Gasteiger partial charge in [0.1, 0.15) is 0 Å². The van der Waals surface area contributed by atoms with Crippen LogP contribution in [0.25, 0.3) is 10.1 Å². The second-order valence-corrected chi connectivity index (χ2v) is 6.49. The Hall–Kier alpha value is -1.12. The fraction of sp³-hybridized carbons (Fsp3) is 0.375. The van der Waals surface area contributed by atoms with Crippen molar-refractivity contribution in [2.75, 3.05) is 7.05 Å². The molecule has 2 unspecified atom stereocenters. The summed E-state index contributed by atoms with van der Waals surface area (Å²) in [6, 6.07) is 9.95. The van der Waals surface area contributed by atoms with Crippen LogP contribution in [0.4, 0.5) is 0 Å². The van der Waals surface area contributed by atoms with Gasteiger partial charge in [-0.1, -0.05) is 24.3 Å². The van der Waals surface area contributed by atoms with Crippen molar-refractivity contribution < 1.29 is 0 Å². The van der Waals surface area contributed by atoms with Crippen molar-refractivity contribution in [3.63, 3.8) is 0 Å². The molecule has 2 aliphatic rings. The molecule has 0 amide bonds. The molecule has 2 bridgehead atoms. The molecule has 0 saturated carbocycles. The van der Waals surface area contributed by atoms with E-state index in [4.69, 9.17) is 0 Å². The normalized spacial score (nSPS) is 31.3. The molecule has 92 valence electrons. The van der Waals surface area contributed by atoms with Crippen LogP contribution in [-0.2, 0) is 5.54 Å². The highest BCUT2D eigenvalue weighted by molar-refractivity contribution is 7.17. The van der Waals surface area contributed by atoms with Gasteiger partial charge in [-0.3, -0.25) is 4.90 Å². The highest BCUT2D eigenvalue weighted by Crippen LogP contribution is 2.46. The highest BCUT2D eigenvalue weighted by Gasteiger charge is 2.45. The molecule has 3 heterocycles. The molecule has 1 fully saturated rings. The zero-order valence-corrected chi connectivity index (χ0v) is 11.4. The molecule has 4 rings (SSSR count). The Bertz CT molecular complexity index is 627. The standard InChI is InChI=1S/C16H17NS/c1-17-14-3-2-8-16(17,9-6-14)13-5-4-12-7-10-18-15(12)11-13/h2,4-5,7-8,10-11,14H,3,6,9H2,1H3. The average molecular weight is 255 g/mol. The molecular formula is C16H17NS. The lowest BCUT2D eigenvalue weighted by Crippen LogP contribution is -2.42. The van der Waals surface area contributed by atoms with Crippen LogP contribution in [-0.4, -0.2) is 18.0 Å². The largest absolute Gasteiger partial charge is 0.290 e. The summed E-state index contributed by atoms with van der Waals surface area (Å²) in [6.45, 7) is 0. The summed E-state index contributed by atoms with van der Waals surface area (Å²) in [5.41, 5.74) is 1.64. The van der Waals surface area contributed by atoms with Crippen molar-refractivity contribution in [1.29, 1.82) is 0 Å². The van der Waals surface area contributed by atoms with E-state index < -0.39 is 0 Å². The number of fused-ring (bicyclic) bond motifs is 3. The van der Waals surface area contributed by atoms with Crippen molar-refractivity contribution in [2.24, 2.45) is 0 Å². The van der Waals surface area contributed by atoms with Crippen LogP contribution in [0.5, 0.6) is 0 Å². The summed E-state index contributed by atoms with van der Waals surface area (Å²) in [4.78, 5) is 2.59. The first-order chi connectivity index (χ1) is 8.79. The molecule has 0 aliphatic carbocycles. The predicted molar refractivity (Wildman–Crippen MR) is 78.0 cm³/mol. The minimum absolute atomic E-state index is 0.168. The maximum absolute atomic E-state index is 2.59. The summed E-state index contributed by atoms with van der Waals surface area (Å²) < 4.78 is 1.41. The Labute approximate surface area is 112 Å². The van der Waals surface area contributed by atoms with Crippen LogP contribution in [0.2, 0.25) is 0 Å². The van der Waals surface area contributed by atoms with Gasteiger partial charge in [0, 0.05) is 10.7 Å². The minimum atomic E-state index is 0.168. The van der Waals surface area contributed by atoms with Crippen molar-refractivity contribution >= 4 is 21.4 Å². The Morgan fingerprint density at radius 1 is 1.33 bits per heavy atom. The summed E-state index contributed by atoms with van der Waals surface area (Å²) in [6.07, 6.45) is 8.63. The predicted octanol–water partition coefficient (Wildman–Crippen LogP) is 4.15. The van der Waals surface area contributed by atoms with Gasteiger partial charge in [-0.25, -0.2) is 0 Å². The zero-order valence-electron chi connectivity index (χ0n) is 10.6. The third-order valence-corrected chi connectivity index (χ3v) is 5.67. The molecular weight excluding hydrogens is 238 g/mol. The SMILES string of the molecule is CN1C2CC=CC1(c1ccc3ccsc3c1)CC2. The van der Waals surface area contributed by atoms with Gasteiger partial charge in [0.05, 0.1) is 5.54 Å². The van der Waals surface area contributed by atoms with Gasteiger partial charge in [0.25, 0.3) is 0 Å². The molecule has 0 radical (unpaired) electrons. The Balaban J connectivity index is 1.90. The molecule has 0 N–H and O–H groups in total. The second kappa shape index (κ2) is 3.69. The van der Waals surface area contributed by atoms with Crippen LogP contribution in [0.1, 0.15) is 24.8 Å². The van der Waals surface area contributed by atoms with Crippen LogP contribution in [0.15, 0.2) is 41.8 Å². The van der Waals surface area contributed by atoms with Gasteiger partial charge in [-0.15, -0.1) is 11.3 Å². The van der Waals surface area contributed by atoms with Crippen LogP contribution in [0.3, 0.4) is 0 Å². The second-order valence-electron chi connectivity index (χ2n) is 5.54. The molecule has 2 aromatic rings. The van der Waals surface area contributed by atoms with E-state index in [1.54, 1.807) is 0 Å². The van der Waals surface area contributed by atoms with Crippen molar-refractivity contribution in [2.45, 2.75) is 30.8 Å². The lowest BCUT2D eigenvalue weighted by atomic mass is 9.86. The monoisotopic (exact) mass is 255 g/mol. The summed E-state index contributed by atoms with van der Waals surface area (Å²) in [5.74, 6) is 0. The Morgan fingerprint density at radius 2 is 2.28 bits per heavy atom. The number of hydrogen-bond donors (Lipinski definition) is 0. The minimum Gasteiger partial charge on any atom is -0.290 e. The van der Waals surface area contributed by atoms with Crippen molar-refractivity contribution in [1.82, 2.24) is 4.90 Å². The molecule has 2 atom stereocenters. The van der Waals surface area contributed by atoms with Gasteiger partial charge in [-0.2, -0.15) is 0 Å². The molecule has 1 nitrogen and oxygen atoms in total. The summed E-state index contributed by atoms with van der Waals surface area (Å²) in [7, 11) is 2.29. The van der Waals surface area contributed by atoms with E-state index in [9.17, 15) is 0 Å².